The van der Waals surface area contributed by atoms with E-state index in [4.69, 9.17) is 0 Å². The summed E-state index contributed by atoms with van der Waals surface area (Å²) in [4.78, 5) is 23.3. The van der Waals surface area contributed by atoms with Gasteiger partial charge in [-0.2, -0.15) is 0 Å². The Bertz CT molecular complexity index is 1140. The Morgan fingerprint density at radius 3 is 2.44 bits per heavy atom. The van der Waals surface area contributed by atoms with Gasteiger partial charge in [-0.1, -0.05) is 43.4 Å². The van der Waals surface area contributed by atoms with E-state index in [1.807, 2.05) is 30.3 Å². The van der Waals surface area contributed by atoms with Crippen molar-refractivity contribution in [2.75, 3.05) is 43.1 Å². The van der Waals surface area contributed by atoms with Crippen molar-refractivity contribution in [2.24, 2.45) is 0 Å². The average Bonchev–Trinajstić information content (AvgIpc) is 3.20. The van der Waals surface area contributed by atoms with Gasteiger partial charge in [-0.25, -0.2) is 13.4 Å². The van der Waals surface area contributed by atoms with Crippen molar-refractivity contribution in [3.63, 3.8) is 0 Å². The molecule has 1 aromatic heterocycles. The molecule has 1 amide bonds. The Hall–Kier alpha value is -1.94. The second-order valence-electron chi connectivity index (χ2n) is 7.38. The summed E-state index contributed by atoms with van der Waals surface area (Å²) in [6.45, 7) is 7.36. The number of carbonyl (C=O) groups excluding carboxylic acids is 1. The van der Waals surface area contributed by atoms with Crippen LogP contribution in [-0.4, -0.2) is 62.4 Å². The van der Waals surface area contributed by atoms with Gasteiger partial charge in [0.2, 0.25) is 5.91 Å². The molecule has 0 aliphatic rings. The lowest BCUT2D eigenvalue weighted by Gasteiger charge is -2.24. The van der Waals surface area contributed by atoms with Gasteiger partial charge in [0.25, 0.3) is 0 Å². The Kier molecular flexibility index (Phi) is 8.70. The third-order valence-corrected chi connectivity index (χ3v) is 8.34. The maximum Gasteiger partial charge on any atom is 0.229 e. The minimum Gasteiger partial charge on any atom is -0.302 e. The molecule has 2 aromatic carbocycles. The molecule has 0 atom stereocenters. The average molecular weight is 492 g/mol. The number of hydrogen-bond acceptors (Lipinski definition) is 7. The zero-order valence-electron chi connectivity index (χ0n) is 18.7. The van der Waals surface area contributed by atoms with Crippen LogP contribution in [0.5, 0.6) is 0 Å². The van der Waals surface area contributed by atoms with Gasteiger partial charge in [0, 0.05) is 36.4 Å². The fraction of sp³-hybridized carbons (Fsp3) is 0.391. The number of thiazole rings is 1. The highest BCUT2D eigenvalue weighted by atomic mass is 32.2. The van der Waals surface area contributed by atoms with E-state index < -0.39 is 9.84 Å². The van der Waals surface area contributed by atoms with Crippen LogP contribution in [0.25, 0.3) is 10.2 Å². The number of fused-ring (bicyclic) bond motifs is 1. The second kappa shape index (κ2) is 11.3. The van der Waals surface area contributed by atoms with Crippen molar-refractivity contribution in [1.29, 1.82) is 0 Å². The number of aromatic nitrogens is 1. The summed E-state index contributed by atoms with van der Waals surface area (Å²) in [7, 11) is -3.30. The minimum atomic E-state index is -3.30. The lowest BCUT2D eigenvalue weighted by molar-refractivity contribution is -0.118. The van der Waals surface area contributed by atoms with E-state index in [0.29, 0.717) is 29.4 Å². The molecule has 9 heteroatoms. The van der Waals surface area contributed by atoms with Crippen LogP contribution in [-0.2, 0) is 14.6 Å². The second-order valence-corrected chi connectivity index (χ2v) is 11.6. The van der Waals surface area contributed by atoms with Crippen molar-refractivity contribution >= 4 is 54.2 Å². The van der Waals surface area contributed by atoms with E-state index in [1.165, 1.54) is 17.6 Å². The van der Waals surface area contributed by atoms with Crippen molar-refractivity contribution in [3.8, 4) is 0 Å². The summed E-state index contributed by atoms with van der Waals surface area (Å²) < 4.78 is 24.6. The molecule has 0 saturated heterocycles. The van der Waals surface area contributed by atoms with Crippen LogP contribution in [0, 0.1) is 0 Å². The van der Waals surface area contributed by atoms with E-state index in [2.05, 4.69) is 23.7 Å². The molecule has 0 aliphatic heterocycles. The number of sulfone groups is 1. The molecule has 0 N–H and O–H groups in total. The number of thioether (sulfide) groups is 1. The van der Waals surface area contributed by atoms with Gasteiger partial charge in [0.05, 0.1) is 15.1 Å². The van der Waals surface area contributed by atoms with Crippen molar-refractivity contribution < 1.29 is 13.2 Å². The summed E-state index contributed by atoms with van der Waals surface area (Å²) in [5.41, 5.74) is 0.705. The van der Waals surface area contributed by atoms with E-state index in [1.54, 1.807) is 34.9 Å². The summed E-state index contributed by atoms with van der Waals surface area (Å²) in [5, 5.41) is 0.618. The predicted octanol–water partition coefficient (Wildman–Crippen LogP) is 4.56. The lowest BCUT2D eigenvalue weighted by Crippen LogP contribution is -2.39. The smallest absolute Gasteiger partial charge is 0.229 e. The van der Waals surface area contributed by atoms with Crippen LogP contribution < -0.4 is 4.90 Å². The van der Waals surface area contributed by atoms with Gasteiger partial charge < -0.3 is 4.90 Å². The number of likely N-dealkylation sites (N-methyl/N-ethyl adjacent to an activating group) is 1. The lowest BCUT2D eigenvalue weighted by atomic mass is 10.3. The molecule has 6 nitrogen and oxygen atoms in total. The Labute approximate surface area is 198 Å². The molecule has 0 bridgehead atoms. The number of nitrogens with zero attached hydrogens (tertiary/aromatic N) is 3. The zero-order valence-corrected chi connectivity index (χ0v) is 21.1. The maximum atomic E-state index is 13.2. The van der Waals surface area contributed by atoms with E-state index in [-0.39, 0.29) is 10.8 Å². The van der Waals surface area contributed by atoms with Crippen molar-refractivity contribution in [1.82, 2.24) is 9.88 Å². The van der Waals surface area contributed by atoms with Gasteiger partial charge in [-0.3, -0.25) is 9.69 Å². The summed E-state index contributed by atoms with van der Waals surface area (Å²) in [6, 6.07) is 15.0. The molecule has 0 spiro atoms. The fourth-order valence-corrected chi connectivity index (χ4v) is 5.89. The van der Waals surface area contributed by atoms with E-state index >= 15 is 0 Å². The number of anilines is 1. The van der Waals surface area contributed by atoms with Gasteiger partial charge >= 0.3 is 0 Å². The molecule has 172 valence electrons. The first-order valence-electron chi connectivity index (χ1n) is 10.6. The van der Waals surface area contributed by atoms with Crippen LogP contribution in [0.2, 0.25) is 0 Å². The number of benzene rings is 2. The van der Waals surface area contributed by atoms with Gasteiger partial charge in [-0.05, 0) is 43.4 Å². The topological polar surface area (TPSA) is 70.6 Å². The first-order valence-corrected chi connectivity index (χ1v) is 14.3. The van der Waals surface area contributed by atoms with Gasteiger partial charge in [-0.15, -0.1) is 11.8 Å². The SMILES string of the molecule is CCN(CC)CCN(C(=O)CCSc1ccccc1)c1nc2ccc(S(C)(=O)=O)cc2s1. The third-order valence-electron chi connectivity index (χ3n) is 5.17. The molecule has 3 aromatic rings. The first kappa shape index (κ1) is 24.7. The van der Waals surface area contributed by atoms with Crippen LogP contribution in [0.15, 0.2) is 58.3 Å². The number of carbonyl (C=O) groups is 1. The quantitative estimate of drug-likeness (QED) is 0.366. The molecule has 0 saturated carbocycles. The van der Waals surface area contributed by atoms with Crippen LogP contribution in [0.4, 0.5) is 5.13 Å². The van der Waals surface area contributed by atoms with E-state index in [9.17, 15) is 13.2 Å². The molecule has 1 heterocycles. The number of rotatable bonds is 11. The molecule has 0 aliphatic carbocycles. The van der Waals surface area contributed by atoms with Crippen molar-refractivity contribution in [3.05, 3.63) is 48.5 Å². The number of amides is 1. The highest BCUT2D eigenvalue weighted by molar-refractivity contribution is 7.99. The molecule has 0 fully saturated rings. The summed E-state index contributed by atoms with van der Waals surface area (Å²) >= 11 is 3.03. The molecular formula is C23H29N3O3S3. The Balaban J connectivity index is 1.80. The Morgan fingerprint density at radius 2 is 1.78 bits per heavy atom. The monoisotopic (exact) mass is 491 g/mol. The van der Waals surface area contributed by atoms with Gasteiger partial charge in [0.15, 0.2) is 15.0 Å². The molecule has 3 rings (SSSR count). The molecule has 0 radical (unpaired) electrons. The van der Waals surface area contributed by atoms with E-state index in [0.717, 1.165) is 29.2 Å². The standard InChI is InChI=1S/C23H29N3O3S3/c1-4-25(5-2)14-15-26(22(27)13-16-30-18-9-7-6-8-10-18)23-24-20-12-11-19(32(3,28)29)17-21(20)31-23/h6-12,17H,4-5,13-16H2,1-3H3. The largest absolute Gasteiger partial charge is 0.302 e. The molecule has 0 unspecified atom stereocenters. The Morgan fingerprint density at radius 1 is 1.06 bits per heavy atom. The van der Waals surface area contributed by atoms with Crippen LogP contribution in [0.1, 0.15) is 20.3 Å². The zero-order chi connectivity index (χ0) is 23.1. The molecular weight excluding hydrogens is 462 g/mol. The summed E-state index contributed by atoms with van der Waals surface area (Å²) in [6.07, 6.45) is 1.60. The van der Waals surface area contributed by atoms with Crippen LogP contribution in [0.3, 0.4) is 0 Å². The highest BCUT2D eigenvalue weighted by Gasteiger charge is 2.21. The summed E-state index contributed by atoms with van der Waals surface area (Å²) in [5.74, 6) is 0.719. The molecule has 32 heavy (non-hydrogen) atoms. The van der Waals surface area contributed by atoms with Gasteiger partial charge in [0.1, 0.15) is 0 Å². The third kappa shape index (κ3) is 6.54. The minimum absolute atomic E-state index is 0.0305. The maximum absolute atomic E-state index is 13.2. The fourth-order valence-electron chi connectivity index (χ4n) is 3.26. The van der Waals surface area contributed by atoms with Crippen molar-refractivity contribution in [2.45, 2.75) is 30.1 Å². The van der Waals surface area contributed by atoms with Crippen LogP contribution >= 0.6 is 23.1 Å². The number of hydrogen-bond donors (Lipinski definition) is 0. The highest BCUT2D eigenvalue weighted by Crippen LogP contribution is 2.31. The normalized spacial score (nSPS) is 11.9. The first-order chi connectivity index (χ1) is 15.3. The predicted molar refractivity (Wildman–Crippen MR) is 135 cm³/mol.